The van der Waals surface area contributed by atoms with Crippen molar-refractivity contribution < 1.29 is 31.1 Å². The van der Waals surface area contributed by atoms with E-state index in [2.05, 4.69) is 10.2 Å². The van der Waals surface area contributed by atoms with Gasteiger partial charge < -0.3 is 9.47 Å². The van der Waals surface area contributed by atoms with Crippen molar-refractivity contribution in [1.29, 1.82) is 0 Å². The Hall–Kier alpha value is -1.91. The van der Waals surface area contributed by atoms with Gasteiger partial charge in [-0.2, -0.15) is 18.3 Å². The molecule has 0 amide bonds. The van der Waals surface area contributed by atoms with Gasteiger partial charge in [0.25, 0.3) is 0 Å². The first kappa shape index (κ1) is 20.4. The highest BCUT2D eigenvalue weighted by molar-refractivity contribution is 7.92. The van der Waals surface area contributed by atoms with E-state index in [0.29, 0.717) is 25.0 Å². The lowest BCUT2D eigenvalue weighted by Crippen LogP contribution is -2.42. The molecule has 4 rings (SSSR count). The minimum atomic E-state index is -4.61. The highest BCUT2D eigenvalue weighted by Crippen LogP contribution is 2.42. The number of hydrogen-bond acceptors (Lipinski definition) is 5. The van der Waals surface area contributed by atoms with Crippen LogP contribution in [0, 0.1) is 0 Å². The van der Waals surface area contributed by atoms with Crippen LogP contribution in [0.15, 0.2) is 35.2 Å². The van der Waals surface area contributed by atoms with Gasteiger partial charge in [0.2, 0.25) is 0 Å². The summed E-state index contributed by atoms with van der Waals surface area (Å²) in [6.07, 6.45) is -4.83. The van der Waals surface area contributed by atoms with Crippen LogP contribution >= 0.6 is 0 Å². The number of alkyl halides is 3. The van der Waals surface area contributed by atoms with Crippen molar-refractivity contribution in [2.45, 2.75) is 47.6 Å². The maximum absolute atomic E-state index is 13.3. The van der Waals surface area contributed by atoms with Gasteiger partial charge in [-0.3, -0.25) is 5.10 Å². The summed E-state index contributed by atoms with van der Waals surface area (Å²) in [4.78, 5) is -0.326. The highest BCUT2D eigenvalue weighted by Gasteiger charge is 2.46. The van der Waals surface area contributed by atoms with Gasteiger partial charge in [-0.15, -0.1) is 0 Å². The van der Waals surface area contributed by atoms with Gasteiger partial charge in [0.15, 0.2) is 9.84 Å². The van der Waals surface area contributed by atoms with Crippen molar-refractivity contribution in [2.24, 2.45) is 0 Å². The van der Waals surface area contributed by atoms with E-state index in [4.69, 9.17) is 9.47 Å². The molecule has 1 aromatic carbocycles. The number of benzene rings is 1. The molecule has 3 heterocycles. The van der Waals surface area contributed by atoms with Crippen LogP contribution in [0.4, 0.5) is 13.2 Å². The van der Waals surface area contributed by atoms with Crippen LogP contribution < -0.4 is 0 Å². The van der Waals surface area contributed by atoms with Gasteiger partial charge in [0.1, 0.15) is 6.10 Å². The van der Waals surface area contributed by atoms with Gasteiger partial charge in [0.05, 0.1) is 39.8 Å². The molecule has 0 saturated carbocycles. The molecule has 0 bridgehead atoms. The number of ether oxygens (including phenoxy) is 2. The molecule has 2 aliphatic rings. The Balaban J connectivity index is 1.60. The fraction of sp³-hybridized carbons (Fsp3) is 0.526. The molecule has 2 atom stereocenters. The van der Waals surface area contributed by atoms with Crippen LogP contribution in [0.5, 0.6) is 0 Å². The van der Waals surface area contributed by atoms with Gasteiger partial charge in [-0.1, -0.05) is 6.07 Å². The van der Waals surface area contributed by atoms with E-state index in [0.717, 1.165) is 17.8 Å². The van der Waals surface area contributed by atoms with E-state index >= 15 is 0 Å². The molecule has 0 aliphatic carbocycles. The second-order valence-electron chi connectivity index (χ2n) is 7.78. The molecule has 2 unspecified atom stereocenters. The quantitative estimate of drug-likeness (QED) is 0.801. The van der Waals surface area contributed by atoms with Crippen molar-refractivity contribution in [3.05, 3.63) is 47.3 Å². The molecule has 2 fully saturated rings. The van der Waals surface area contributed by atoms with E-state index < -0.39 is 32.4 Å². The molecular formula is C19H21F3N2O4S. The number of H-pyrrole nitrogens is 1. The summed E-state index contributed by atoms with van der Waals surface area (Å²) in [6, 6.07) is 5.75. The number of hydrogen-bond donors (Lipinski definition) is 1. The molecule has 6 nitrogen and oxygen atoms in total. The third-order valence-corrected chi connectivity index (χ3v) is 8.25. The Labute approximate surface area is 166 Å². The maximum atomic E-state index is 13.3. The van der Waals surface area contributed by atoms with Gasteiger partial charge in [-0.25, -0.2) is 8.42 Å². The summed E-state index contributed by atoms with van der Waals surface area (Å²) in [5.41, 5.74) is 0.520. The summed E-state index contributed by atoms with van der Waals surface area (Å²) >= 11 is 0. The summed E-state index contributed by atoms with van der Waals surface area (Å²) in [7, 11) is -4.02. The largest absolute Gasteiger partial charge is 0.416 e. The molecule has 158 valence electrons. The van der Waals surface area contributed by atoms with E-state index in [-0.39, 0.29) is 30.3 Å². The smallest absolute Gasteiger partial charge is 0.380 e. The van der Waals surface area contributed by atoms with Crippen LogP contribution in [0.2, 0.25) is 0 Å². The molecule has 2 aliphatic heterocycles. The Morgan fingerprint density at radius 3 is 2.66 bits per heavy atom. The average molecular weight is 430 g/mol. The zero-order chi connectivity index (χ0) is 20.9. The first-order valence-corrected chi connectivity index (χ1v) is 10.7. The van der Waals surface area contributed by atoms with Crippen LogP contribution in [-0.4, -0.2) is 43.2 Å². The number of nitrogens with one attached hydrogen (secondary N) is 1. The van der Waals surface area contributed by atoms with E-state index in [1.165, 1.54) is 6.07 Å². The normalized spacial score (nSPS) is 26.3. The molecule has 2 saturated heterocycles. The van der Waals surface area contributed by atoms with E-state index in [9.17, 15) is 21.6 Å². The number of aromatic amines is 1. The Kier molecular flexibility index (Phi) is 4.99. The fourth-order valence-corrected chi connectivity index (χ4v) is 5.50. The molecule has 29 heavy (non-hydrogen) atoms. The minimum absolute atomic E-state index is 0.119. The van der Waals surface area contributed by atoms with Crippen molar-refractivity contribution in [3.8, 4) is 0 Å². The molecule has 0 spiro atoms. The molecule has 0 radical (unpaired) electrons. The monoisotopic (exact) mass is 430 g/mol. The van der Waals surface area contributed by atoms with Crippen molar-refractivity contribution in [2.75, 3.05) is 19.8 Å². The predicted molar refractivity (Wildman–Crippen MR) is 97.1 cm³/mol. The predicted octanol–water partition coefficient (Wildman–Crippen LogP) is 3.63. The number of sulfone groups is 1. The van der Waals surface area contributed by atoms with Crippen molar-refractivity contribution in [1.82, 2.24) is 10.2 Å². The van der Waals surface area contributed by atoms with Gasteiger partial charge >= 0.3 is 6.18 Å². The molecule has 1 aromatic heterocycles. The van der Waals surface area contributed by atoms with Crippen LogP contribution in [0.3, 0.4) is 0 Å². The zero-order valence-corrected chi connectivity index (χ0v) is 16.5. The number of halogens is 3. The van der Waals surface area contributed by atoms with Crippen molar-refractivity contribution in [3.63, 3.8) is 0 Å². The molecule has 2 aromatic rings. The summed E-state index contributed by atoms with van der Waals surface area (Å²) in [5, 5.41) is 7.17. The Morgan fingerprint density at radius 2 is 2.00 bits per heavy atom. The van der Waals surface area contributed by atoms with Gasteiger partial charge in [-0.05, 0) is 44.0 Å². The summed E-state index contributed by atoms with van der Waals surface area (Å²) < 4.78 is 75.3. The van der Waals surface area contributed by atoms with Gasteiger partial charge in [0, 0.05) is 12.5 Å². The maximum Gasteiger partial charge on any atom is 0.416 e. The highest BCUT2D eigenvalue weighted by atomic mass is 32.2. The summed E-state index contributed by atoms with van der Waals surface area (Å²) in [5.74, 6) is 0.212. The molecular weight excluding hydrogens is 409 g/mol. The fourth-order valence-electron chi connectivity index (χ4n) is 3.67. The zero-order valence-electron chi connectivity index (χ0n) is 15.7. The number of nitrogens with zero attached hydrogens (tertiary/aromatic N) is 1. The molecule has 10 heteroatoms. The summed E-state index contributed by atoms with van der Waals surface area (Å²) in [6.45, 7) is 2.93. The topological polar surface area (TPSA) is 81.3 Å². The minimum Gasteiger partial charge on any atom is -0.380 e. The Morgan fingerprint density at radius 1 is 1.24 bits per heavy atom. The lowest BCUT2D eigenvalue weighted by atomic mass is 9.94. The SMILES string of the molecule is CC1(S(=O)(=O)c2cccc(C(F)(F)F)c2)CCOC(c2cc(C3COC3)n[nH]2)C1. The second kappa shape index (κ2) is 7.10. The molecule has 1 N–H and O–H groups in total. The third-order valence-electron chi connectivity index (χ3n) is 5.71. The van der Waals surface area contributed by atoms with Crippen LogP contribution in [0.25, 0.3) is 0 Å². The van der Waals surface area contributed by atoms with Crippen LogP contribution in [-0.2, 0) is 25.5 Å². The van der Waals surface area contributed by atoms with E-state index in [1.54, 1.807) is 6.92 Å². The lowest BCUT2D eigenvalue weighted by molar-refractivity contribution is -0.137. The standard InChI is InChI=1S/C19H21F3N2O4S/c1-18(29(25,26)14-4-2-3-13(7-14)19(20,21)22)5-6-28-17(9-18)16-8-15(23-24-16)12-10-27-11-12/h2-4,7-8,12,17H,5-6,9-11H2,1H3,(H,23,24). The lowest BCUT2D eigenvalue weighted by Gasteiger charge is -2.37. The first-order valence-electron chi connectivity index (χ1n) is 9.27. The first-order chi connectivity index (χ1) is 13.6. The number of aromatic nitrogens is 2. The van der Waals surface area contributed by atoms with Crippen LogP contribution in [0.1, 0.15) is 48.7 Å². The second-order valence-corrected chi connectivity index (χ2v) is 10.2. The number of rotatable bonds is 4. The Bertz CT molecular complexity index is 1000. The third kappa shape index (κ3) is 3.69. The average Bonchev–Trinajstić information content (AvgIpc) is 3.09. The van der Waals surface area contributed by atoms with Crippen molar-refractivity contribution >= 4 is 9.84 Å². The van der Waals surface area contributed by atoms with E-state index in [1.807, 2.05) is 6.07 Å².